The van der Waals surface area contributed by atoms with Gasteiger partial charge in [0.1, 0.15) is 0 Å². The van der Waals surface area contributed by atoms with Crippen LogP contribution in [0.5, 0.6) is 0 Å². The fourth-order valence-electron chi connectivity index (χ4n) is 2.50. The summed E-state index contributed by atoms with van der Waals surface area (Å²) in [4.78, 5) is 10.00. The van der Waals surface area contributed by atoms with Gasteiger partial charge in [0.05, 0.1) is 5.69 Å². The molecule has 2 aromatic rings. The van der Waals surface area contributed by atoms with Crippen LogP contribution in [0.3, 0.4) is 0 Å². The number of fused-ring (bicyclic) bond motifs is 1. The monoisotopic (exact) mass is 293 g/mol. The summed E-state index contributed by atoms with van der Waals surface area (Å²) in [6, 6.07) is 2.24. The van der Waals surface area contributed by atoms with Gasteiger partial charge in [-0.2, -0.15) is 0 Å². The van der Waals surface area contributed by atoms with Gasteiger partial charge in [-0.05, 0) is 29.3 Å². The molecule has 5 heteroatoms. The zero-order valence-electron chi connectivity index (χ0n) is 11.3. The summed E-state index contributed by atoms with van der Waals surface area (Å²) in [7, 11) is 0. The molecule has 0 saturated carbocycles. The summed E-state index contributed by atoms with van der Waals surface area (Å²) >= 11 is 3.64. The Balaban J connectivity index is 1.87. The van der Waals surface area contributed by atoms with Crippen molar-refractivity contribution in [1.29, 1.82) is 0 Å². The first-order chi connectivity index (χ1) is 9.19. The van der Waals surface area contributed by atoms with Gasteiger partial charge in [-0.25, -0.2) is 4.98 Å². The second kappa shape index (κ2) is 5.23. The normalized spacial score (nSPS) is 15.1. The number of nitrogens with two attached hydrogens (primary N) is 1. The lowest BCUT2D eigenvalue weighted by atomic mass is 10.1. The highest BCUT2D eigenvalue weighted by atomic mass is 32.1. The zero-order valence-corrected chi connectivity index (χ0v) is 13.0. The maximum absolute atomic E-state index is 5.84. The van der Waals surface area contributed by atoms with E-state index in [0.29, 0.717) is 12.5 Å². The number of aromatic nitrogens is 1. The molecule has 1 aliphatic heterocycles. The van der Waals surface area contributed by atoms with E-state index in [1.807, 2.05) is 11.3 Å². The summed E-state index contributed by atoms with van der Waals surface area (Å²) in [5.41, 5.74) is 8.49. The van der Waals surface area contributed by atoms with Crippen molar-refractivity contribution in [2.75, 3.05) is 11.4 Å². The third-order valence-electron chi connectivity index (χ3n) is 3.53. The SMILES string of the molecule is CC(C)c1nc(N2CCc3sccc3C2)sc1CN. The molecule has 2 N–H and O–H groups in total. The molecule has 0 atom stereocenters. The molecule has 0 radical (unpaired) electrons. The number of thiazole rings is 1. The lowest BCUT2D eigenvalue weighted by molar-refractivity contribution is 0.732. The zero-order chi connectivity index (χ0) is 13.4. The number of thiophene rings is 1. The Morgan fingerprint density at radius 2 is 2.32 bits per heavy atom. The highest BCUT2D eigenvalue weighted by molar-refractivity contribution is 7.15. The Kier molecular flexibility index (Phi) is 3.60. The third-order valence-corrected chi connectivity index (χ3v) is 5.70. The fraction of sp³-hybridized carbons (Fsp3) is 0.500. The highest BCUT2D eigenvalue weighted by Gasteiger charge is 2.22. The summed E-state index contributed by atoms with van der Waals surface area (Å²) in [5, 5.41) is 3.34. The molecule has 0 aromatic carbocycles. The fourth-order valence-corrected chi connectivity index (χ4v) is 4.50. The van der Waals surface area contributed by atoms with Crippen molar-refractivity contribution in [1.82, 2.24) is 4.98 Å². The van der Waals surface area contributed by atoms with Gasteiger partial charge in [-0.1, -0.05) is 13.8 Å². The van der Waals surface area contributed by atoms with Crippen molar-refractivity contribution in [2.24, 2.45) is 5.73 Å². The van der Waals surface area contributed by atoms with Crippen LogP contribution in [0.15, 0.2) is 11.4 Å². The number of hydrogen-bond acceptors (Lipinski definition) is 5. The van der Waals surface area contributed by atoms with E-state index in [2.05, 4.69) is 30.2 Å². The molecule has 0 unspecified atom stereocenters. The molecule has 2 aromatic heterocycles. The van der Waals surface area contributed by atoms with Gasteiger partial charge in [0.25, 0.3) is 0 Å². The summed E-state index contributed by atoms with van der Waals surface area (Å²) in [5.74, 6) is 0.449. The predicted octanol–water partition coefficient (Wildman–Crippen LogP) is 3.35. The van der Waals surface area contributed by atoms with Crippen molar-refractivity contribution in [2.45, 2.75) is 39.3 Å². The number of nitrogens with zero attached hydrogens (tertiary/aromatic N) is 2. The van der Waals surface area contributed by atoms with E-state index < -0.39 is 0 Å². The van der Waals surface area contributed by atoms with Crippen LogP contribution in [0.25, 0.3) is 0 Å². The summed E-state index contributed by atoms with van der Waals surface area (Å²) in [6.07, 6.45) is 1.14. The molecule has 0 aliphatic carbocycles. The summed E-state index contributed by atoms with van der Waals surface area (Å²) in [6.45, 7) is 7.04. The second-order valence-corrected chi connectivity index (χ2v) is 7.27. The maximum atomic E-state index is 5.84. The maximum Gasteiger partial charge on any atom is 0.186 e. The second-order valence-electron chi connectivity index (χ2n) is 5.20. The Labute approximate surface area is 122 Å². The van der Waals surface area contributed by atoms with Gasteiger partial charge < -0.3 is 10.6 Å². The Morgan fingerprint density at radius 3 is 3.00 bits per heavy atom. The van der Waals surface area contributed by atoms with E-state index in [0.717, 1.165) is 24.6 Å². The van der Waals surface area contributed by atoms with Crippen LogP contribution in [0, 0.1) is 0 Å². The molecule has 0 bridgehead atoms. The van der Waals surface area contributed by atoms with E-state index >= 15 is 0 Å². The van der Waals surface area contributed by atoms with E-state index in [1.54, 1.807) is 11.3 Å². The van der Waals surface area contributed by atoms with Gasteiger partial charge in [0.2, 0.25) is 0 Å². The smallest absolute Gasteiger partial charge is 0.186 e. The quantitative estimate of drug-likeness (QED) is 0.943. The van der Waals surface area contributed by atoms with E-state index in [1.165, 1.54) is 21.0 Å². The first kappa shape index (κ1) is 13.1. The molecule has 1 aliphatic rings. The molecule has 0 amide bonds. The molecular weight excluding hydrogens is 274 g/mol. The van der Waals surface area contributed by atoms with Crippen molar-refractivity contribution < 1.29 is 0 Å². The molecule has 19 heavy (non-hydrogen) atoms. The average Bonchev–Trinajstić information content (AvgIpc) is 3.04. The molecule has 0 spiro atoms. The van der Waals surface area contributed by atoms with Crippen LogP contribution in [-0.2, 0) is 19.5 Å². The molecule has 0 saturated heterocycles. The van der Waals surface area contributed by atoms with E-state index in [-0.39, 0.29) is 0 Å². The Hall–Kier alpha value is -0.910. The van der Waals surface area contributed by atoms with Crippen LogP contribution < -0.4 is 10.6 Å². The van der Waals surface area contributed by atoms with Crippen LogP contribution in [0.2, 0.25) is 0 Å². The van der Waals surface area contributed by atoms with Gasteiger partial charge in [0.15, 0.2) is 5.13 Å². The van der Waals surface area contributed by atoms with Crippen molar-refractivity contribution >= 4 is 27.8 Å². The topological polar surface area (TPSA) is 42.2 Å². The number of rotatable bonds is 3. The Bertz CT molecular complexity index is 571. The van der Waals surface area contributed by atoms with Gasteiger partial charge in [0, 0.05) is 29.4 Å². The lowest BCUT2D eigenvalue weighted by Gasteiger charge is -2.26. The lowest BCUT2D eigenvalue weighted by Crippen LogP contribution is -2.29. The van der Waals surface area contributed by atoms with Crippen LogP contribution in [-0.4, -0.2) is 11.5 Å². The minimum absolute atomic E-state index is 0.449. The highest BCUT2D eigenvalue weighted by Crippen LogP contribution is 2.34. The van der Waals surface area contributed by atoms with Gasteiger partial charge in [-0.3, -0.25) is 0 Å². The van der Waals surface area contributed by atoms with Crippen LogP contribution >= 0.6 is 22.7 Å². The standard InChI is InChI=1S/C14H19N3S2/c1-9(2)13-12(7-15)19-14(16-13)17-5-3-11-10(8-17)4-6-18-11/h4,6,9H,3,5,7-8,15H2,1-2H3. The van der Waals surface area contributed by atoms with Crippen molar-refractivity contribution in [3.05, 3.63) is 32.5 Å². The molecule has 102 valence electrons. The molecule has 3 nitrogen and oxygen atoms in total. The first-order valence-electron chi connectivity index (χ1n) is 6.69. The molecule has 0 fully saturated rings. The van der Waals surface area contributed by atoms with Crippen LogP contribution in [0.1, 0.15) is 40.8 Å². The number of hydrogen-bond donors (Lipinski definition) is 1. The van der Waals surface area contributed by atoms with Crippen molar-refractivity contribution in [3.8, 4) is 0 Å². The predicted molar refractivity (Wildman–Crippen MR) is 83.2 cm³/mol. The van der Waals surface area contributed by atoms with Crippen molar-refractivity contribution in [3.63, 3.8) is 0 Å². The van der Waals surface area contributed by atoms with Gasteiger partial charge >= 0.3 is 0 Å². The van der Waals surface area contributed by atoms with E-state index in [4.69, 9.17) is 10.7 Å². The average molecular weight is 293 g/mol. The largest absolute Gasteiger partial charge is 0.343 e. The minimum Gasteiger partial charge on any atom is -0.343 e. The number of anilines is 1. The van der Waals surface area contributed by atoms with Gasteiger partial charge in [-0.15, -0.1) is 22.7 Å². The molecule has 3 heterocycles. The first-order valence-corrected chi connectivity index (χ1v) is 8.38. The minimum atomic E-state index is 0.449. The Morgan fingerprint density at radius 1 is 1.47 bits per heavy atom. The summed E-state index contributed by atoms with van der Waals surface area (Å²) < 4.78 is 0. The molecule has 3 rings (SSSR count). The van der Waals surface area contributed by atoms with Crippen LogP contribution in [0.4, 0.5) is 5.13 Å². The molecular formula is C14H19N3S2. The van der Waals surface area contributed by atoms with E-state index in [9.17, 15) is 0 Å². The third kappa shape index (κ3) is 2.42.